The lowest BCUT2D eigenvalue weighted by atomic mass is 10.1. The number of anilines is 1. The van der Waals surface area contributed by atoms with Crippen molar-refractivity contribution in [3.8, 4) is 5.75 Å². The predicted molar refractivity (Wildman–Crippen MR) is 173 cm³/mol. The fraction of sp³-hybridized carbons (Fsp3) is 0.355. The molecule has 0 spiro atoms. The number of methoxy groups -OCH3 is 1. The number of benzene rings is 3. The normalized spacial score (nSPS) is 12.1. The number of carbonyl (C=O) groups is 2. The summed E-state index contributed by atoms with van der Waals surface area (Å²) >= 11 is 18.9. The van der Waals surface area contributed by atoms with E-state index in [4.69, 9.17) is 39.5 Å². The van der Waals surface area contributed by atoms with Crippen LogP contribution >= 0.6 is 34.8 Å². The quantitative estimate of drug-likeness (QED) is 0.218. The molecule has 3 aromatic rings. The molecular formula is C31H36Cl3N3O5S. The predicted octanol–water partition coefficient (Wildman–Crippen LogP) is 6.74. The van der Waals surface area contributed by atoms with Gasteiger partial charge < -0.3 is 15.0 Å². The number of aryl methyl sites for hydroxylation is 1. The summed E-state index contributed by atoms with van der Waals surface area (Å²) in [6.45, 7) is 7.25. The van der Waals surface area contributed by atoms with Crippen LogP contribution in [0.25, 0.3) is 0 Å². The summed E-state index contributed by atoms with van der Waals surface area (Å²) in [5.41, 5.74) is 1.49. The van der Waals surface area contributed by atoms with E-state index in [0.29, 0.717) is 22.2 Å². The minimum Gasteiger partial charge on any atom is -0.495 e. The average Bonchev–Trinajstić information content (AvgIpc) is 2.95. The molecule has 3 rings (SSSR count). The Bertz CT molecular complexity index is 1550. The lowest BCUT2D eigenvalue weighted by Gasteiger charge is -2.34. The summed E-state index contributed by atoms with van der Waals surface area (Å²) < 4.78 is 34.7. The van der Waals surface area contributed by atoms with Gasteiger partial charge in [0.25, 0.3) is 10.0 Å². The number of amides is 2. The van der Waals surface area contributed by atoms with Crippen molar-refractivity contribution >= 4 is 62.3 Å². The highest BCUT2D eigenvalue weighted by Crippen LogP contribution is 2.35. The minimum absolute atomic E-state index is 0.0260. The number of halogens is 3. The zero-order chi connectivity index (χ0) is 31.9. The van der Waals surface area contributed by atoms with E-state index in [1.54, 1.807) is 43.3 Å². The standard InChI is InChI=1S/C31H36Cl3N3O5S/c1-6-27(31(39)35-17-20(2)3)36(18-22-9-10-23(32)15-26(22)34)30(38)19-37(28-16-24(33)11-14-29(28)42-5)43(40,41)25-12-7-21(4)8-13-25/h7-16,20,27H,6,17-19H2,1-5H3,(H,35,39). The number of carbonyl (C=O) groups excluding carboxylic acids is 2. The van der Waals surface area contributed by atoms with E-state index >= 15 is 0 Å². The molecule has 0 aliphatic carbocycles. The van der Waals surface area contributed by atoms with Gasteiger partial charge in [-0.25, -0.2) is 8.42 Å². The first-order chi connectivity index (χ1) is 20.3. The van der Waals surface area contributed by atoms with Crippen molar-refractivity contribution in [1.29, 1.82) is 0 Å². The molecule has 0 fully saturated rings. The highest BCUT2D eigenvalue weighted by molar-refractivity contribution is 7.92. The monoisotopic (exact) mass is 667 g/mol. The van der Waals surface area contributed by atoms with Gasteiger partial charge in [-0.3, -0.25) is 13.9 Å². The molecule has 0 aliphatic rings. The summed E-state index contributed by atoms with van der Waals surface area (Å²) in [6.07, 6.45) is 0.270. The highest BCUT2D eigenvalue weighted by Gasteiger charge is 2.35. The van der Waals surface area contributed by atoms with Crippen molar-refractivity contribution in [2.24, 2.45) is 5.92 Å². The van der Waals surface area contributed by atoms with Gasteiger partial charge in [0.1, 0.15) is 18.3 Å². The van der Waals surface area contributed by atoms with Crippen molar-refractivity contribution in [2.75, 3.05) is 24.5 Å². The Morgan fingerprint density at radius 2 is 1.58 bits per heavy atom. The molecule has 0 saturated carbocycles. The van der Waals surface area contributed by atoms with Gasteiger partial charge in [0, 0.05) is 28.2 Å². The Morgan fingerprint density at radius 1 is 0.953 bits per heavy atom. The highest BCUT2D eigenvalue weighted by atomic mass is 35.5. The average molecular weight is 669 g/mol. The molecule has 43 heavy (non-hydrogen) atoms. The van der Waals surface area contributed by atoms with E-state index in [-0.39, 0.29) is 46.1 Å². The largest absolute Gasteiger partial charge is 0.495 e. The third kappa shape index (κ3) is 8.79. The minimum atomic E-state index is -4.31. The van der Waals surface area contributed by atoms with Crippen LogP contribution in [0.4, 0.5) is 5.69 Å². The first kappa shape index (κ1) is 34.5. The number of ether oxygens (including phenoxy) is 1. The third-order valence-electron chi connectivity index (χ3n) is 6.72. The molecule has 0 saturated heterocycles. The molecule has 1 N–H and O–H groups in total. The van der Waals surface area contributed by atoms with Crippen LogP contribution in [0.3, 0.4) is 0 Å². The molecule has 3 aromatic carbocycles. The van der Waals surface area contributed by atoms with E-state index in [1.807, 2.05) is 20.8 Å². The first-order valence-corrected chi connectivity index (χ1v) is 16.3. The zero-order valence-electron chi connectivity index (χ0n) is 24.7. The molecule has 0 heterocycles. The van der Waals surface area contributed by atoms with Crippen LogP contribution in [0.5, 0.6) is 5.75 Å². The maximum absolute atomic E-state index is 14.3. The van der Waals surface area contributed by atoms with Crippen molar-refractivity contribution in [3.05, 3.63) is 86.9 Å². The smallest absolute Gasteiger partial charge is 0.264 e. The SMILES string of the molecule is CCC(C(=O)NCC(C)C)N(Cc1ccc(Cl)cc1Cl)C(=O)CN(c1cc(Cl)ccc1OC)S(=O)(=O)c1ccc(C)cc1. The maximum atomic E-state index is 14.3. The number of sulfonamides is 1. The Morgan fingerprint density at radius 3 is 2.16 bits per heavy atom. The molecule has 0 aliphatic heterocycles. The van der Waals surface area contributed by atoms with E-state index in [0.717, 1.165) is 9.87 Å². The second kappa shape index (κ2) is 15.1. The topological polar surface area (TPSA) is 96.0 Å². The number of hydrogen-bond acceptors (Lipinski definition) is 5. The van der Waals surface area contributed by atoms with Gasteiger partial charge in [-0.1, -0.05) is 79.3 Å². The second-order valence-corrected chi connectivity index (χ2v) is 13.6. The van der Waals surface area contributed by atoms with Crippen LogP contribution in [-0.4, -0.2) is 51.4 Å². The summed E-state index contributed by atoms with van der Waals surface area (Å²) in [5, 5.41) is 3.86. The Balaban J connectivity index is 2.14. The van der Waals surface area contributed by atoms with Gasteiger partial charge in [-0.15, -0.1) is 0 Å². The van der Waals surface area contributed by atoms with E-state index in [1.165, 1.54) is 36.3 Å². The molecule has 1 atom stereocenters. The molecule has 2 amide bonds. The first-order valence-electron chi connectivity index (χ1n) is 13.7. The fourth-order valence-corrected chi connectivity index (χ4v) is 6.44. The Hall–Kier alpha value is -2.98. The Kier molecular flexibility index (Phi) is 12.2. The molecule has 232 valence electrons. The van der Waals surface area contributed by atoms with Crippen LogP contribution in [0.2, 0.25) is 15.1 Å². The molecule has 12 heteroatoms. The summed E-state index contributed by atoms with van der Waals surface area (Å²) in [7, 11) is -2.91. The zero-order valence-corrected chi connectivity index (χ0v) is 27.8. The van der Waals surface area contributed by atoms with E-state index < -0.39 is 28.5 Å². The number of hydrogen-bond donors (Lipinski definition) is 1. The second-order valence-electron chi connectivity index (χ2n) is 10.5. The number of nitrogens with one attached hydrogen (secondary N) is 1. The molecule has 0 radical (unpaired) electrons. The fourth-order valence-electron chi connectivity index (χ4n) is 4.38. The van der Waals surface area contributed by atoms with Gasteiger partial charge >= 0.3 is 0 Å². The van der Waals surface area contributed by atoms with Crippen LogP contribution in [0, 0.1) is 12.8 Å². The van der Waals surface area contributed by atoms with Gasteiger partial charge in [-0.05, 0) is 67.3 Å². The van der Waals surface area contributed by atoms with Crippen LogP contribution in [0.1, 0.15) is 38.3 Å². The number of nitrogens with zero attached hydrogens (tertiary/aromatic N) is 2. The van der Waals surface area contributed by atoms with Gasteiger partial charge in [0.2, 0.25) is 11.8 Å². The van der Waals surface area contributed by atoms with Crippen molar-refractivity contribution in [2.45, 2.75) is 51.6 Å². The maximum Gasteiger partial charge on any atom is 0.264 e. The van der Waals surface area contributed by atoms with Gasteiger partial charge in [0.05, 0.1) is 17.7 Å². The van der Waals surface area contributed by atoms with Crippen molar-refractivity contribution in [3.63, 3.8) is 0 Å². The van der Waals surface area contributed by atoms with Gasteiger partial charge in [-0.2, -0.15) is 0 Å². The summed E-state index contributed by atoms with van der Waals surface area (Å²) in [6, 6.07) is 14.7. The van der Waals surface area contributed by atoms with E-state index in [2.05, 4.69) is 5.32 Å². The number of rotatable bonds is 13. The Labute approximate surface area is 268 Å². The van der Waals surface area contributed by atoms with Crippen LogP contribution < -0.4 is 14.4 Å². The van der Waals surface area contributed by atoms with Crippen molar-refractivity contribution < 1.29 is 22.7 Å². The summed E-state index contributed by atoms with van der Waals surface area (Å²) in [5.74, 6) is -0.609. The lowest BCUT2D eigenvalue weighted by Crippen LogP contribution is -2.52. The lowest BCUT2D eigenvalue weighted by molar-refractivity contribution is -0.140. The van der Waals surface area contributed by atoms with Crippen LogP contribution in [-0.2, 0) is 26.2 Å². The molecule has 1 unspecified atom stereocenters. The molecule has 0 bridgehead atoms. The summed E-state index contributed by atoms with van der Waals surface area (Å²) in [4.78, 5) is 29.0. The van der Waals surface area contributed by atoms with Gasteiger partial charge in [0.15, 0.2) is 0 Å². The molecule has 0 aromatic heterocycles. The third-order valence-corrected chi connectivity index (χ3v) is 9.32. The molecule has 8 nitrogen and oxygen atoms in total. The molecular weight excluding hydrogens is 633 g/mol. The van der Waals surface area contributed by atoms with Crippen molar-refractivity contribution in [1.82, 2.24) is 10.2 Å². The van der Waals surface area contributed by atoms with E-state index in [9.17, 15) is 18.0 Å². The van der Waals surface area contributed by atoms with Crippen LogP contribution in [0.15, 0.2) is 65.6 Å².